The molecule has 0 bridgehead atoms. The molecule has 1 aromatic rings. The predicted molar refractivity (Wildman–Crippen MR) is 87.7 cm³/mol. The summed E-state index contributed by atoms with van der Waals surface area (Å²) in [5.74, 6) is -0.124. The Labute approximate surface area is 146 Å². The van der Waals surface area contributed by atoms with Gasteiger partial charge in [0.25, 0.3) is 0 Å². The number of likely N-dealkylation sites (tertiary alicyclic amines) is 1. The van der Waals surface area contributed by atoms with E-state index in [1.54, 1.807) is 23.4 Å². The Balaban J connectivity index is 1.44. The molecular formula is C16H21N3O5S. The van der Waals surface area contributed by atoms with E-state index >= 15 is 0 Å². The molecule has 0 N–H and O–H groups in total. The van der Waals surface area contributed by atoms with Gasteiger partial charge >= 0.3 is 6.01 Å². The fourth-order valence-electron chi connectivity index (χ4n) is 3.99. The highest BCUT2D eigenvalue weighted by molar-refractivity contribution is 7.93. The third kappa shape index (κ3) is 2.79. The quantitative estimate of drug-likeness (QED) is 0.733. The molecular weight excluding hydrogens is 346 g/mol. The van der Waals surface area contributed by atoms with E-state index in [1.165, 1.54) is 0 Å². The van der Waals surface area contributed by atoms with Gasteiger partial charge in [0.05, 0.1) is 24.9 Å². The summed E-state index contributed by atoms with van der Waals surface area (Å²) in [7, 11) is -3.24. The first-order chi connectivity index (χ1) is 12.0. The average Bonchev–Trinajstić information content (AvgIpc) is 3.18. The molecule has 3 aliphatic rings. The normalized spacial score (nSPS) is 29.5. The van der Waals surface area contributed by atoms with Gasteiger partial charge < -0.3 is 14.4 Å². The Morgan fingerprint density at radius 3 is 2.76 bits per heavy atom. The topological polar surface area (TPSA) is 98.7 Å². The molecule has 4 rings (SSSR count). The molecule has 3 fully saturated rings. The van der Waals surface area contributed by atoms with Crippen LogP contribution in [0, 0.1) is 11.8 Å². The van der Waals surface area contributed by atoms with Crippen LogP contribution in [0.3, 0.4) is 0 Å². The van der Waals surface area contributed by atoms with Gasteiger partial charge in [-0.3, -0.25) is 4.79 Å². The van der Waals surface area contributed by atoms with Crippen molar-refractivity contribution in [1.29, 1.82) is 0 Å². The second-order valence-electron chi connectivity index (χ2n) is 6.97. The lowest BCUT2D eigenvalue weighted by Crippen LogP contribution is -2.69. The minimum atomic E-state index is -3.24. The fraction of sp³-hybridized carbons (Fsp3) is 0.688. The zero-order valence-corrected chi connectivity index (χ0v) is 14.7. The Morgan fingerprint density at radius 1 is 1.32 bits per heavy atom. The zero-order chi connectivity index (χ0) is 17.5. The van der Waals surface area contributed by atoms with Crippen LogP contribution in [0.4, 0.5) is 0 Å². The molecule has 3 saturated heterocycles. The van der Waals surface area contributed by atoms with E-state index in [-0.39, 0.29) is 49.2 Å². The number of rotatable bonds is 4. The van der Waals surface area contributed by atoms with Gasteiger partial charge in [-0.15, -0.1) is 0 Å². The molecule has 25 heavy (non-hydrogen) atoms. The summed E-state index contributed by atoms with van der Waals surface area (Å²) >= 11 is 0. The van der Waals surface area contributed by atoms with Crippen LogP contribution in [0.25, 0.3) is 0 Å². The van der Waals surface area contributed by atoms with Crippen molar-refractivity contribution in [2.24, 2.45) is 11.8 Å². The molecule has 9 heteroatoms. The molecule has 4 heterocycles. The molecule has 3 aliphatic heterocycles. The van der Waals surface area contributed by atoms with E-state index in [9.17, 15) is 13.2 Å². The van der Waals surface area contributed by atoms with Crippen LogP contribution in [0.2, 0.25) is 0 Å². The van der Waals surface area contributed by atoms with Crippen LogP contribution in [-0.4, -0.2) is 72.6 Å². The highest BCUT2D eigenvalue weighted by atomic mass is 32.2. The van der Waals surface area contributed by atoms with E-state index in [1.807, 2.05) is 0 Å². The van der Waals surface area contributed by atoms with Crippen molar-refractivity contribution in [2.75, 3.05) is 38.7 Å². The van der Waals surface area contributed by atoms with E-state index < -0.39 is 14.6 Å². The highest BCUT2D eigenvalue weighted by Gasteiger charge is 2.63. The molecule has 0 unspecified atom stereocenters. The first-order valence-corrected chi connectivity index (χ1v) is 10.2. The third-order valence-corrected chi connectivity index (χ3v) is 8.17. The predicted octanol–water partition coefficient (Wildman–Crippen LogP) is -0.0924. The second kappa shape index (κ2) is 6.21. The molecule has 1 amide bonds. The monoisotopic (exact) mass is 367 g/mol. The lowest BCUT2D eigenvalue weighted by atomic mass is 9.83. The summed E-state index contributed by atoms with van der Waals surface area (Å²) < 4.78 is 35.2. The number of hydrogen-bond acceptors (Lipinski definition) is 7. The first kappa shape index (κ1) is 16.7. The number of nitrogens with zero attached hydrogens (tertiary/aromatic N) is 3. The number of carbonyl (C=O) groups excluding carboxylic acids is 1. The summed E-state index contributed by atoms with van der Waals surface area (Å²) in [5, 5.41) is 0. The van der Waals surface area contributed by atoms with Gasteiger partial charge in [0, 0.05) is 38.0 Å². The van der Waals surface area contributed by atoms with Crippen LogP contribution in [-0.2, 0) is 19.4 Å². The largest absolute Gasteiger partial charge is 0.463 e. The van der Waals surface area contributed by atoms with Gasteiger partial charge in [-0.1, -0.05) is 0 Å². The van der Waals surface area contributed by atoms with Gasteiger partial charge in [-0.25, -0.2) is 18.4 Å². The summed E-state index contributed by atoms with van der Waals surface area (Å²) in [6.07, 6.45) is 4.42. The van der Waals surface area contributed by atoms with Gasteiger partial charge in [-0.2, -0.15) is 0 Å². The van der Waals surface area contributed by atoms with Crippen LogP contribution in [0.1, 0.15) is 12.8 Å². The van der Waals surface area contributed by atoms with Gasteiger partial charge in [0.1, 0.15) is 4.75 Å². The van der Waals surface area contributed by atoms with Crippen molar-refractivity contribution in [1.82, 2.24) is 14.9 Å². The van der Waals surface area contributed by atoms with Crippen molar-refractivity contribution in [2.45, 2.75) is 17.6 Å². The highest BCUT2D eigenvalue weighted by Crippen LogP contribution is 2.45. The molecule has 1 aromatic heterocycles. The Morgan fingerprint density at radius 2 is 2.08 bits per heavy atom. The van der Waals surface area contributed by atoms with Crippen molar-refractivity contribution < 1.29 is 22.7 Å². The Bertz CT molecular complexity index is 742. The minimum Gasteiger partial charge on any atom is -0.463 e. The number of aromatic nitrogens is 2. The number of carbonyl (C=O) groups is 1. The SMILES string of the molecule is O=C([C@H]1CCOC1)N1CC2(C1)[C@@H](COc1ncccn1)CCS2(=O)=O. The number of ether oxygens (including phenoxy) is 2. The third-order valence-electron chi connectivity index (χ3n) is 5.56. The standard InChI is InChI=1S/C16H21N3O5S/c20-14(12-2-6-23-8-12)19-10-16(11-19)13(3-7-25(16,21)22)9-24-15-17-4-1-5-18-15/h1,4-5,12-13H,2-3,6-11H2/t12-,13+/m0/s1. The molecule has 0 aliphatic carbocycles. The summed E-state index contributed by atoms with van der Waals surface area (Å²) in [6.45, 7) is 1.80. The summed E-state index contributed by atoms with van der Waals surface area (Å²) in [6, 6.07) is 1.94. The second-order valence-corrected chi connectivity index (χ2v) is 9.42. The van der Waals surface area contributed by atoms with Gasteiger partial charge in [0.2, 0.25) is 5.91 Å². The number of amides is 1. The van der Waals surface area contributed by atoms with Gasteiger partial charge in [-0.05, 0) is 18.9 Å². The molecule has 0 radical (unpaired) electrons. The minimum absolute atomic E-state index is 0.0105. The van der Waals surface area contributed by atoms with Crippen LogP contribution >= 0.6 is 0 Å². The van der Waals surface area contributed by atoms with Crippen LogP contribution < -0.4 is 4.74 Å². The van der Waals surface area contributed by atoms with Crippen molar-refractivity contribution in [3.63, 3.8) is 0 Å². The lowest BCUT2D eigenvalue weighted by Gasteiger charge is -2.50. The Hall–Kier alpha value is -1.74. The molecule has 8 nitrogen and oxygen atoms in total. The van der Waals surface area contributed by atoms with E-state index in [2.05, 4.69) is 9.97 Å². The van der Waals surface area contributed by atoms with Crippen molar-refractivity contribution >= 4 is 15.7 Å². The smallest absolute Gasteiger partial charge is 0.316 e. The molecule has 136 valence electrons. The van der Waals surface area contributed by atoms with E-state index in [0.717, 1.165) is 0 Å². The zero-order valence-electron chi connectivity index (χ0n) is 13.8. The number of sulfone groups is 1. The summed E-state index contributed by atoms with van der Waals surface area (Å²) in [4.78, 5) is 22.1. The Kier molecular flexibility index (Phi) is 4.15. The molecule has 0 aromatic carbocycles. The lowest BCUT2D eigenvalue weighted by molar-refractivity contribution is -0.142. The van der Waals surface area contributed by atoms with E-state index in [0.29, 0.717) is 26.1 Å². The molecule has 1 spiro atoms. The maximum Gasteiger partial charge on any atom is 0.316 e. The van der Waals surface area contributed by atoms with Crippen molar-refractivity contribution in [3.8, 4) is 6.01 Å². The molecule has 0 saturated carbocycles. The van der Waals surface area contributed by atoms with Crippen LogP contribution in [0.15, 0.2) is 18.5 Å². The molecule has 2 atom stereocenters. The average molecular weight is 367 g/mol. The van der Waals surface area contributed by atoms with Crippen LogP contribution in [0.5, 0.6) is 6.01 Å². The summed E-state index contributed by atoms with van der Waals surface area (Å²) in [5.41, 5.74) is 0. The van der Waals surface area contributed by atoms with Crippen molar-refractivity contribution in [3.05, 3.63) is 18.5 Å². The maximum atomic E-state index is 12.6. The fourth-order valence-corrected chi connectivity index (χ4v) is 6.39. The number of hydrogen-bond donors (Lipinski definition) is 0. The maximum absolute atomic E-state index is 12.6. The van der Waals surface area contributed by atoms with Gasteiger partial charge in [0.15, 0.2) is 9.84 Å². The van der Waals surface area contributed by atoms with E-state index in [4.69, 9.17) is 9.47 Å². The first-order valence-electron chi connectivity index (χ1n) is 8.50.